The zero-order valence-electron chi connectivity index (χ0n) is 10.1. The smallest absolute Gasteiger partial charge is 0.189 e. The van der Waals surface area contributed by atoms with Gasteiger partial charge >= 0.3 is 0 Å². The van der Waals surface area contributed by atoms with Crippen molar-refractivity contribution in [2.75, 3.05) is 0 Å². The lowest BCUT2D eigenvalue weighted by Crippen LogP contribution is -1.94. The van der Waals surface area contributed by atoms with Crippen LogP contribution in [-0.4, -0.2) is 16.0 Å². The number of benzene rings is 2. The molecule has 0 atom stereocenters. The summed E-state index contributed by atoms with van der Waals surface area (Å²) in [4.78, 5) is 12.2. The van der Waals surface area contributed by atoms with Crippen LogP contribution in [-0.2, 0) is 6.42 Å². The van der Waals surface area contributed by atoms with Gasteiger partial charge in [0, 0.05) is 23.1 Å². The molecule has 94 valence electrons. The Balaban J connectivity index is 2.02. The summed E-state index contributed by atoms with van der Waals surface area (Å²) in [6.45, 7) is 0. The van der Waals surface area contributed by atoms with E-state index in [0.717, 1.165) is 5.56 Å². The highest BCUT2D eigenvalue weighted by Crippen LogP contribution is 2.33. The van der Waals surface area contributed by atoms with Crippen molar-refractivity contribution in [3.05, 3.63) is 64.7 Å². The van der Waals surface area contributed by atoms with Crippen molar-refractivity contribution in [1.29, 1.82) is 0 Å². The van der Waals surface area contributed by atoms with E-state index in [9.17, 15) is 15.0 Å². The number of carbonyl (C=O) groups excluding carboxylic acids is 1. The third-order valence-electron chi connectivity index (χ3n) is 3.27. The number of allylic oxidation sites excluding steroid dienone is 1. The first-order valence-corrected chi connectivity index (χ1v) is 6.00. The number of rotatable bonds is 1. The lowest BCUT2D eigenvalue weighted by atomic mass is 10.1. The van der Waals surface area contributed by atoms with E-state index in [4.69, 9.17) is 0 Å². The molecule has 0 amide bonds. The zero-order valence-corrected chi connectivity index (χ0v) is 10.1. The summed E-state index contributed by atoms with van der Waals surface area (Å²) in [7, 11) is 0. The minimum absolute atomic E-state index is 0.0609. The maximum atomic E-state index is 12.2. The van der Waals surface area contributed by atoms with E-state index >= 15 is 0 Å². The van der Waals surface area contributed by atoms with Crippen LogP contribution in [0.2, 0.25) is 0 Å². The lowest BCUT2D eigenvalue weighted by Gasteiger charge is -1.98. The maximum Gasteiger partial charge on any atom is 0.189 e. The van der Waals surface area contributed by atoms with Gasteiger partial charge in [0.15, 0.2) is 5.78 Å². The highest BCUT2D eigenvalue weighted by Gasteiger charge is 2.26. The molecule has 0 saturated heterocycles. The van der Waals surface area contributed by atoms with Gasteiger partial charge in [0.1, 0.15) is 11.5 Å². The quantitative estimate of drug-likeness (QED) is 0.767. The molecule has 3 rings (SSSR count). The van der Waals surface area contributed by atoms with Crippen LogP contribution in [0.15, 0.2) is 48.0 Å². The van der Waals surface area contributed by atoms with E-state index in [1.807, 2.05) is 6.07 Å². The average Bonchev–Trinajstić information content (AvgIpc) is 2.69. The molecule has 0 bridgehead atoms. The fourth-order valence-corrected chi connectivity index (χ4v) is 2.35. The minimum Gasteiger partial charge on any atom is -0.508 e. The molecule has 1 aliphatic carbocycles. The Morgan fingerprint density at radius 1 is 1.05 bits per heavy atom. The summed E-state index contributed by atoms with van der Waals surface area (Å²) in [5, 5.41) is 19.2. The molecule has 0 aromatic heterocycles. The predicted molar refractivity (Wildman–Crippen MR) is 72.2 cm³/mol. The Kier molecular flexibility index (Phi) is 2.60. The van der Waals surface area contributed by atoms with Gasteiger partial charge < -0.3 is 10.2 Å². The number of aromatic hydroxyl groups is 2. The largest absolute Gasteiger partial charge is 0.508 e. The molecule has 2 aromatic rings. The summed E-state index contributed by atoms with van der Waals surface area (Å²) in [6, 6.07) is 11.7. The standard InChI is InChI=1S/C16H12O3/c17-12-4-1-3-10(8-12)7-11-9-14-13(16(11)19)5-2-6-15(14)18/h1-8,17-18H,9H2/b11-7-. The number of phenols is 2. The summed E-state index contributed by atoms with van der Waals surface area (Å²) in [6.07, 6.45) is 2.18. The van der Waals surface area contributed by atoms with Gasteiger partial charge in [-0.15, -0.1) is 0 Å². The molecule has 2 aromatic carbocycles. The summed E-state index contributed by atoms with van der Waals surface area (Å²) < 4.78 is 0. The number of hydrogen-bond acceptors (Lipinski definition) is 3. The van der Waals surface area contributed by atoms with E-state index in [1.165, 1.54) is 0 Å². The Labute approximate surface area is 110 Å². The number of carbonyl (C=O) groups is 1. The van der Waals surface area contributed by atoms with Crippen molar-refractivity contribution in [3.8, 4) is 11.5 Å². The topological polar surface area (TPSA) is 57.5 Å². The van der Waals surface area contributed by atoms with Crippen LogP contribution in [0.25, 0.3) is 6.08 Å². The second-order valence-corrected chi connectivity index (χ2v) is 4.57. The molecule has 0 heterocycles. The third kappa shape index (κ3) is 1.99. The molecule has 1 aliphatic rings. The van der Waals surface area contributed by atoms with Gasteiger partial charge in [-0.2, -0.15) is 0 Å². The van der Waals surface area contributed by atoms with Crippen molar-refractivity contribution in [2.24, 2.45) is 0 Å². The first-order chi connectivity index (χ1) is 9.15. The number of phenolic OH excluding ortho intramolecular Hbond substituents is 2. The maximum absolute atomic E-state index is 12.2. The highest BCUT2D eigenvalue weighted by molar-refractivity contribution is 6.16. The molecule has 0 fully saturated rings. The zero-order chi connectivity index (χ0) is 13.4. The van der Waals surface area contributed by atoms with Gasteiger partial charge in [-0.3, -0.25) is 4.79 Å². The van der Waals surface area contributed by atoms with Crippen LogP contribution in [0.5, 0.6) is 11.5 Å². The Bertz CT molecular complexity index is 699. The number of hydrogen-bond donors (Lipinski definition) is 2. The Morgan fingerprint density at radius 3 is 2.58 bits per heavy atom. The Morgan fingerprint density at radius 2 is 1.84 bits per heavy atom. The van der Waals surface area contributed by atoms with Gasteiger partial charge in [0.2, 0.25) is 0 Å². The molecular formula is C16H12O3. The second-order valence-electron chi connectivity index (χ2n) is 4.57. The SMILES string of the molecule is O=C1/C(=C\c2cccc(O)c2)Cc2c(O)cccc21. The lowest BCUT2D eigenvalue weighted by molar-refractivity contribution is 0.104. The van der Waals surface area contributed by atoms with Gasteiger partial charge in [-0.05, 0) is 29.8 Å². The number of ketones is 1. The van der Waals surface area contributed by atoms with Crippen molar-refractivity contribution < 1.29 is 15.0 Å². The van der Waals surface area contributed by atoms with Crippen LogP contribution in [0.1, 0.15) is 21.5 Å². The molecule has 3 nitrogen and oxygen atoms in total. The van der Waals surface area contributed by atoms with E-state index in [0.29, 0.717) is 23.1 Å². The Hall–Kier alpha value is -2.55. The second kappa shape index (κ2) is 4.28. The fourth-order valence-electron chi connectivity index (χ4n) is 2.35. The van der Waals surface area contributed by atoms with Gasteiger partial charge in [0.25, 0.3) is 0 Å². The first-order valence-electron chi connectivity index (χ1n) is 6.00. The van der Waals surface area contributed by atoms with E-state index in [1.54, 1.807) is 42.5 Å². The van der Waals surface area contributed by atoms with Gasteiger partial charge in [0.05, 0.1) is 0 Å². The molecule has 0 radical (unpaired) electrons. The van der Waals surface area contributed by atoms with E-state index in [-0.39, 0.29) is 17.3 Å². The molecular weight excluding hydrogens is 240 g/mol. The molecule has 19 heavy (non-hydrogen) atoms. The molecule has 2 N–H and O–H groups in total. The fraction of sp³-hybridized carbons (Fsp3) is 0.0625. The van der Waals surface area contributed by atoms with Gasteiger partial charge in [-0.1, -0.05) is 24.3 Å². The van der Waals surface area contributed by atoms with Gasteiger partial charge in [-0.25, -0.2) is 0 Å². The summed E-state index contributed by atoms with van der Waals surface area (Å²) in [5.41, 5.74) is 2.64. The first kappa shape index (κ1) is 11.5. The molecule has 0 unspecified atom stereocenters. The summed E-state index contributed by atoms with van der Waals surface area (Å²) in [5.74, 6) is 0.263. The molecule has 0 aliphatic heterocycles. The number of Topliss-reactive ketones (excluding diaryl/α,β-unsaturated/α-hetero) is 1. The number of fused-ring (bicyclic) bond motifs is 1. The highest BCUT2D eigenvalue weighted by atomic mass is 16.3. The molecule has 3 heteroatoms. The minimum atomic E-state index is -0.0609. The van der Waals surface area contributed by atoms with Crippen LogP contribution < -0.4 is 0 Å². The monoisotopic (exact) mass is 252 g/mol. The molecule has 0 spiro atoms. The van der Waals surface area contributed by atoms with Crippen molar-refractivity contribution >= 4 is 11.9 Å². The summed E-state index contributed by atoms with van der Waals surface area (Å²) >= 11 is 0. The van der Waals surface area contributed by atoms with Crippen molar-refractivity contribution in [1.82, 2.24) is 0 Å². The van der Waals surface area contributed by atoms with E-state index < -0.39 is 0 Å². The van der Waals surface area contributed by atoms with Crippen molar-refractivity contribution in [2.45, 2.75) is 6.42 Å². The van der Waals surface area contributed by atoms with E-state index in [2.05, 4.69) is 0 Å². The normalized spacial score (nSPS) is 15.8. The van der Waals surface area contributed by atoms with Crippen molar-refractivity contribution in [3.63, 3.8) is 0 Å². The average molecular weight is 252 g/mol. The predicted octanol–water partition coefficient (Wildman–Crippen LogP) is 2.92. The van der Waals surface area contributed by atoms with Crippen LogP contribution in [0, 0.1) is 0 Å². The molecule has 0 saturated carbocycles. The van der Waals surface area contributed by atoms with Crippen LogP contribution >= 0.6 is 0 Å². The third-order valence-corrected chi connectivity index (χ3v) is 3.27. The van der Waals surface area contributed by atoms with Crippen LogP contribution in [0.3, 0.4) is 0 Å². The van der Waals surface area contributed by atoms with Crippen LogP contribution in [0.4, 0.5) is 0 Å².